The predicted molar refractivity (Wildman–Crippen MR) is 129 cm³/mol. The number of furan rings is 1. The summed E-state index contributed by atoms with van der Waals surface area (Å²) < 4.78 is 10.2. The molecule has 0 spiro atoms. The molecule has 0 bridgehead atoms. The minimum absolute atomic E-state index is 0.0749. The van der Waals surface area contributed by atoms with Gasteiger partial charge in [-0.1, -0.05) is 54.2 Å². The summed E-state index contributed by atoms with van der Waals surface area (Å²) >= 11 is 4.99. The molecule has 5 aromatic rings. The van der Waals surface area contributed by atoms with Gasteiger partial charge >= 0.3 is 5.69 Å². The molecule has 7 nitrogen and oxygen atoms in total. The van der Waals surface area contributed by atoms with Crippen molar-refractivity contribution in [3.05, 3.63) is 87.4 Å². The summed E-state index contributed by atoms with van der Waals surface area (Å²) in [4.78, 5) is 15.2. The third kappa shape index (κ3) is 4.31. The summed E-state index contributed by atoms with van der Waals surface area (Å²) in [6.45, 7) is 1.28. The fourth-order valence-electron chi connectivity index (χ4n) is 3.64. The number of para-hydroxylation sites is 2. The molecule has 0 atom stereocenters. The first kappa shape index (κ1) is 20.8. The van der Waals surface area contributed by atoms with Gasteiger partial charge in [-0.2, -0.15) is 0 Å². The average molecular weight is 510 g/mol. The van der Waals surface area contributed by atoms with E-state index in [0.29, 0.717) is 29.3 Å². The van der Waals surface area contributed by atoms with Crippen LogP contribution in [0.1, 0.15) is 12.0 Å². The van der Waals surface area contributed by atoms with Crippen LogP contribution >= 0.6 is 27.7 Å². The number of aryl methyl sites for hydroxylation is 1. The van der Waals surface area contributed by atoms with Crippen molar-refractivity contribution in [1.29, 1.82) is 0 Å². The summed E-state index contributed by atoms with van der Waals surface area (Å²) in [5, 5.41) is 9.64. The molecule has 162 valence electrons. The third-order valence-corrected chi connectivity index (χ3v) is 6.61. The van der Waals surface area contributed by atoms with Gasteiger partial charge in [-0.25, -0.2) is 4.79 Å². The van der Waals surface area contributed by atoms with Crippen LogP contribution in [0.3, 0.4) is 0 Å². The molecule has 32 heavy (non-hydrogen) atoms. The first-order valence-corrected chi connectivity index (χ1v) is 12.0. The van der Waals surface area contributed by atoms with Crippen molar-refractivity contribution < 1.29 is 4.42 Å². The van der Waals surface area contributed by atoms with E-state index in [9.17, 15) is 4.79 Å². The van der Waals surface area contributed by atoms with Gasteiger partial charge in [0, 0.05) is 12.3 Å². The number of hydrogen-bond donors (Lipinski definition) is 1. The number of aromatic nitrogens is 5. The number of thioether (sulfide) groups is 1. The highest BCUT2D eigenvalue weighted by Crippen LogP contribution is 2.28. The third-order valence-electron chi connectivity index (χ3n) is 5.13. The summed E-state index contributed by atoms with van der Waals surface area (Å²) in [6, 6.07) is 21.7. The van der Waals surface area contributed by atoms with E-state index in [-0.39, 0.29) is 5.69 Å². The number of hydrogen-bond acceptors (Lipinski definition) is 5. The van der Waals surface area contributed by atoms with Crippen molar-refractivity contribution >= 4 is 38.7 Å². The molecule has 5 rings (SSSR count). The van der Waals surface area contributed by atoms with Crippen molar-refractivity contribution in [2.24, 2.45) is 0 Å². The lowest BCUT2D eigenvalue weighted by Crippen LogP contribution is -2.17. The number of rotatable bonds is 8. The highest BCUT2D eigenvalue weighted by atomic mass is 79.9. The summed E-state index contributed by atoms with van der Waals surface area (Å²) in [5.41, 5.74) is 2.88. The Morgan fingerprint density at radius 3 is 2.59 bits per heavy atom. The Bertz CT molecular complexity index is 1400. The summed E-state index contributed by atoms with van der Waals surface area (Å²) in [6.07, 6.45) is 0.826. The maximum absolute atomic E-state index is 12.3. The van der Waals surface area contributed by atoms with Crippen molar-refractivity contribution in [3.63, 3.8) is 0 Å². The molecule has 1 N–H and O–H groups in total. The molecule has 2 aromatic carbocycles. The van der Waals surface area contributed by atoms with Gasteiger partial charge in [0.05, 0.1) is 17.6 Å². The molecule has 9 heteroatoms. The summed E-state index contributed by atoms with van der Waals surface area (Å²) in [7, 11) is 0. The zero-order valence-corrected chi connectivity index (χ0v) is 19.5. The number of fused-ring (bicyclic) bond motifs is 1. The minimum Gasteiger partial charge on any atom is -0.446 e. The zero-order chi connectivity index (χ0) is 21.9. The maximum Gasteiger partial charge on any atom is 0.326 e. The van der Waals surface area contributed by atoms with Gasteiger partial charge < -0.3 is 9.40 Å². The lowest BCUT2D eigenvalue weighted by atomic mass is 10.2. The molecule has 3 heterocycles. The van der Waals surface area contributed by atoms with E-state index in [0.717, 1.165) is 33.9 Å². The van der Waals surface area contributed by atoms with E-state index in [1.807, 2.05) is 54.6 Å². The molecular weight excluding hydrogens is 490 g/mol. The van der Waals surface area contributed by atoms with Crippen LogP contribution < -0.4 is 5.69 Å². The van der Waals surface area contributed by atoms with E-state index in [1.165, 1.54) is 0 Å². The first-order valence-electron chi connectivity index (χ1n) is 10.2. The second kappa shape index (κ2) is 9.22. The van der Waals surface area contributed by atoms with E-state index < -0.39 is 0 Å². The Kier molecular flexibility index (Phi) is 6.00. The van der Waals surface area contributed by atoms with Gasteiger partial charge in [0.1, 0.15) is 0 Å². The molecule has 0 aliphatic carbocycles. The van der Waals surface area contributed by atoms with Crippen LogP contribution in [0.2, 0.25) is 0 Å². The second-order valence-corrected chi connectivity index (χ2v) is 9.13. The van der Waals surface area contributed by atoms with Crippen LogP contribution in [0.15, 0.2) is 85.8 Å². The zero-order valence-electron chi connectivity index (χ0n) is 17.1. The SMILES string of the molecule is O=c1[nH]c2ccccc2n1CCCSc1nnc(-c2ccc(Br)o2)n1Cc1ccccc1. The van der Waals surface area contributed by atoms with E-state index in [2.05, 4.69) is 47.8 Å². The molecule has 0 unspecified atom stereocenters. The van der Waals surface area contributed by atoms with Crippen LogP contribution in [-0.4, -0.2) is 30.1 Å². The maximum atomic E-state index is 12.3. The number of imidazole rings is 1. The highest BCUT2D eigenvalue weighted by Gasteiger charge is 2.17. The van der Waals surface area contributed by atoms with Gasteiger partial charge in [0.25, 0.3) is 0 Å². The Balaban J connectivity index is 1.33. The molecule has 0 saturated heterocycles. The van der Waals surface area contributed by atoms with Gasteiger partial charge in [-0.15, -0.1) is 10.2 Å². The fraction of sp³-hybridized carbons (Fsp3) is 0.174. The normalized spacial score (nSPS) is 11.4. The van der Waals surface area contributed by atoms with Crippen LogP contribution in [0, 0.1) is 0 Å². The second-order valence-electron chi connectivity index (χ2n) is 7.28. The van der Waals surface area contributed by atoms with Gasteiger partial charge in [-0.3, -0.25) is 9.13 Å². The molecule has 0 fully saturated rings. The largest absolute Gasteiger partial charge is 0.446 e. The Labute approximate surface area is 196 Å². The van der Waals surface area contributed by atoms with E-state index >= 15 is 0 Å². The highest BCUT2D eigenvalue weighted by molar-refractivity contribution is 9.10. The van der Waals surface area contributed by atoms with Crippen molar-refractivity contribution in [3.8, 4) is 11.6 Å². The Morgan fingerprint density at radius 1 is 0.969 bits per heavy atom. The van der Waals surface area contributed by atoms with Crippen LogP contribution in [0.25, 0.3) is 22.6 Å². The van der Waals surface area contributed by atoms with Gasteiger partial charge in [-0.05, 0) is 52.2 Å². The Hall–Kier alpha value is -3.04. The van der Waals surface area contributed by atoms with Crippen LogP contribution in [0.4, 0.5) is 0 Å². The lowest BCUT2D eigenvalue weighted by Gasteiger charge is -2.09. The Morgan fingerprint density at radius 2 is 1.78 bits per heavy atom. The van der Waals surface area contributed by atoms with Crippen molar-refractivity contribution in [2.75, 3.05) is 5.75 Å². The summed E-state index contributed by atoms with van der Waals surface area (Å²) in [5.74, 6) is 2.16. The predicted octanol–water partition coefficient (Wildman–Crippen LogP) is 5.17. The number of nitrogens with one attached hydrogen (secondary N) is 1. The van der Waals surface area contributed by atoms with Gasteiger partial charge in [0.2, 0.25) is 5.82 Å². The topological polar surface area (TPSA) is 81.6 Å². The van der Waals surface area contributed by atoms with Crippen molar-refractivity contribution in [2.45, 2.75) is 24.7 Å². The molecule has 0 saturated carbocycles. The molecule has 3 aromatic heterocycles. The first-order chi connectivity index (χ1) is 15.7. The molecule has 0 radical (unpaired) electrons. The van der Waals surface area contributed by atoms with Crippen molar-refractivity contribution in [1.82, 2.24) is 24.3 Å². The number of benzene rings is 2. The lowest BCUT2D eigenvalue weighted by molar-refractivity contribution is 0.544. The number of halogens is 1. The van der Waals surface area contributed by atoms with E-state index in [4.69, 9.17) is 4.42 Å². The number of nitrogens with zero attached hydrogens (tertiary/aromatic N) is 4. The number of H-pyrrole nitrogens is 1. The quantitative estimate of drug-likeness (QED) is 0.230. The molecule has 0 aliphatic heterocycles. The van der Waals surface area contributed by atoms with Crippen LogP contribution in [0.5, 0.6) is 0 Å². The monoisotopic (exact) mass is 509 g/mol. The van der Waals surface area contributed by atoms with Gasteiger partial charge in [0.15, 0.2) is 15.6 Å². The van der Waals surface area contributed by atoms with Crippen LogP contribution in [-0.2, 0) is 13.1 Å². The molecular formula is C23H20BrN5O2S. The average Bonchev–Trinajstić information content (AvgIpc) is 3.49. The standard InChI is InChI=1S/C23H20BrN5O2S/c24-20-12-11-19(31-20)21-26-27-23(29(21)15-16-7-2-1-3-8-16)32-14-6-13-28-18-10-5-4-9-17(18)25-22(28)30/h1-5,7-12H,6,13-15H2,(H,25,30). The minimum atomic E-state index is -0.0749. The molecule has 0 aliphatic rings. The fourth-order valence-corrected chi connectivity index (χ4v) is 4.80. The smallest absolute Gasteiger partial charge is 0.326 e. The molecule has 0 amide bonds. The van der Waals surface area contributed by atoms with E-state index in [1.54, 1.807) is 16.3 Å². The number of aromatic amines is 1.